The van der Waals surface area contributed by atoms with Gasteiger partial charge in [0.1, 0.15) is 4.90 Å². The largest absolute Gasteiger partial charge is 0.391 e. The van der Waals surface area contributed by atoms with Crippen LogP contribution in [0.4, 0.5) is 13.2 Å². The second kappa shape index (κ2) is 8.20. The molecule has 0 bridgehead atoms. The second-order valence-electron chi connectivity index (χ2n) is 8.08. The highest BCUT2D eigenvalue weighted by atomic mass is 35.5. The molecule has 2 N–H and O–H groups in total. The smallest absolute Gasteiger partial charge is 0.349 e. The van der Waals surface area contributed by atoms with Gasteiger partial charge in [0.05, 0.1) is 10.9 Å². The van der Waals surface area contributed by atoms with Gasteiger partial charge in [-0.1, -0.05) is 18.0 Å². The van der Waals surface area contributed by atoms with E-state index in [4.69, 9.17) is 11.6 Å². The first-order valence-electron chi connectivity index (χ1n) is 8.90. The first-order valence-corrected chi connectivity index (χ1v) is 10.8. The van der Waals surface area contributed by atoms with Crippen molar-refractivity contribution in [2.24, 2.45) is 5.92 Å². The number of carbonyl (C=O) groups is 1. The molecule has 1 fully saturated rings. The molecule has 0 spiro atoms. The molecule has 1 aliphatic rings. The van der Waals surface area contributed by atoms with Crippen LogP contribution in [0.3, 0.4) is 0 Å². The zero-order valence-electron chi connectivity index (χ0n) is 15.9. The number of hydrogen-bond acceptors (Lipinski definition) is 3. The number of rotatable bonds is 4. The van der Waals surface area contributed by atoms with Gasteiger partial charge in [-0.05, 0) is 58.2 Å². The Hall–Kier alpha value is -1.32. The molecule has 1 aromatic rings. The molecule has 1 amide bonds. The Bertz CT molecular complexity index is 835. The molecule has 0 heterocycles. The molecule has 2 unspecified atom stereocenters. The van der Waals surface area contributed by atoms with Crippen molar-refractivity contribution in [1.82, 2.24) is 10.0 Å². The van der Waals surface area contributed by atoms with Gasteiger partial charge < -0.3 is 5.32 Å². The minimum Gasteiger partial charge on any atom is -0.349 e. The topological polar surface area (TPSA) is 75.3 Å². The molecular formula is C18H24ClF3N2O3S. The standard InChI is InChI=1S/C18H24ClF3N2O3S/c1-17(2,3)24-28(26,27)15-9-11(7-8-14(15)19)16(25)23-13-6-4-5-12(10-13)18(20,21)22/h7-9,12-13,24H,4-6,10H2,1-3H3,(H,23,25). The summed E-state index contributed by atoms with van der Waals surface area (Å²) in [5.41, 5.74) is -0.734. The lowest BCUT2D eigenvalue weighted by atomic mass is 9.85. The lowest BCUT2D eigenvalue weighted by Crippen LogP contribution is -2.42. The van der Waals surface area contributed by atoms with Crippen LogP contribution >= 0.6 is 11.6 Å². The molecule has 28 heavy (non-hydrogen) atoms. The molecule has 1 saturated carbocycles. The lowest BCUT2D eigenvalue weighted by Gasteiger charge is -2.31. The number of sulfonamides is 1. The molecule has 0 aromatic heterocycles. The fourth-order valence-electron chi connectivity index (χ4n) is 3.20. The van der Waals surface area contributed by atoms with E-state index in [-0.39, 0.29) is 28.3 Å². The maximum Gasteiger partial charge on any atom is 0.391 e. The molecule has 5 nitrogen and oxygen atoms in total. The summed E-state index contributed by atoms with van der Waals surface area (Å²) in [5.74, 6) is -2.07. The van der Waals surface area contributed by atoms with Gasteiger partial charge in [0, 0.05) is 17.1 Å². The summed E-state index contributed by atoms with van der Waals surface area (Å²) >= 11 is 6.00. The quantitative estimate of drug-likeness (QED) is 0.734. The van der Waals surface area contributed by atoms with Crippen molar-refractivity contribution in [3.05, 3.63) is 28.8 Å². The third kappa shape index (κ3) is 6.09. The predicted molar refractivity (Wildman–Crippen MR) is 101 cm³/mol. The Morgan fingerprint density at radius 2 is 1.82 bits per heavy atom. The van der Waals surface area contributed by atoms with E-state index in [2.05, 4.69) is 10.0 Å². The lowest BCUT2D eigenvalue weighted by molar-refractivity contribution is -0.183. The van der Waals surface area contributed by atoms with Crippen LogP contribution in [0.5, 0.6) is 0 Å². The fraction of sp³-hybridized carbons (Fsp3) is 0.611. The summed E-state index contributed by atoms with van der Waals surface area (Å²) in [6, 6.07) is 3.15. The second-order valence-corrected chi connectivity index (χ2v) is 10.1. The van der Waals surface area contributed by atoms with Crippen LogP contribution in [-0.4, -0.2) is 32.1 Å². The molecule has 0 saturated heterocycles. The Morgan fingerprint density at radius 1 is 1.18 bits per heavy atom. The Balaban J connectivity index is 2.19. The van der Waals surface area contributed by atoms with Crippen molar-refractivity contribution < 1.29 is 26.4 Å². The number of nitrogens with one attached hydrogen (secondary N) is 2. The van der Waals surface area contributed by atoms with E-state index in [1.54, 1.807) is 20.8 Å². The fourth-order valence-corrected chi connectivity index (χ4v) is 5.14. The van der Waals surface area contributed by atoms with Crippen molar-refractivity contribution in [2.45, 2.75) is 69.1 Å². The summed E-state index contributed by atoms with van der Waals surface area (Å²) in [4.78, 5) is 12.2. The Labute approximate surface area is 168 Å². The molecule has 1 aliphatic carbocycles. The van der Waals surface area contributed by atoms with Crippen LogP contribution in [-0.2, 0) is 10.0 Å². The van der Waals surface area contributed by atoms with E-state index >= 15 is 0 Å². The summed E-state index contributed by atoms with van der Waals surface area (Å²) in [5, 5.41) is 2.53. The van der Waals surface area contributed by atoms with Crippen LogP contribution in [0.15, 0.2) is 23.1 Å². The van der Waals surface area contributed by atoms with Crippen molar-refractivity contribution in [2.75, 3.05) is 0 Å². The average molecular weight is 441 g/mol. The zero-order valence-corrected chi connectivity index (χ0v) is 17.4. The number of carbonyl (C=O) groups excluding carboxylic acids is 1. The van der Waals surface area contributed by atoms with Gasteiger partial charge >= 0.3 is 6.18 Å². The maximum absolute atomic E-state index is 12.9. The van der Waals surface area contributed by atoms with E-state index in [0.29, 0.717) is 12.8 Å². The van der Waals surface area contributed by atoms with E-state index < -0.39 is 39.6 Å². The first-order chi connectivity index (χ1) is 12.7. The molecule has 2 atom stereocenters. The van der Waals surface area contributed by atoms with Crippen LogP contribution in [0, 0.1) is 5.92 Å². The number of benzene rings is 1. The summed E-state index contributed by atoms with van der Waals surface area (Å²) in [6.45, 7) is 4.99. The summed E-state index contributed by atoms with van der Waals surface area (Å²) < 4.78 is 66.3. The first kappa shape index (κ1) is 23.0. The molecular weight excluding hydrogens is 417 g/mol. The van der Waals surface area contributed by atoms with E-state index in [9.17, 15) is 26.4 Å². The van der Waals surface area contributed by atoms with Gasteiger partial charge in [0.2, 0.25) is 10.0 Å². The van der Waals surface area contributed by atoms with E-state index in [0.717, 1.165) is 6.07 Å². The minimum absolute atomic E-state index is 0.0211. The highest BCUT2D eigenvalue weighted by Gasteiger charge is 2.42. The molecule has 0 aliphatic heterocycles. The molecule has 2 rings (SSSR count). The highest BCUT2D eigenvalue weighted by Crippen LogP contribution is 2.37. The van der Waals surface area contributed by atoms with Gasteiger partial charge in [-0.15, -0.1) is 0 Å². The molecule has 1 aromatic carbocycles. The monoisotopic (exact) mass is 440 g/mol. The third-order valence-corrected chi connectivity index (χ3v) is 6.64. The number of alkyl halides is 3. The minimum atomic E-state index is -4.29. The van der Waals surface area contributed by atoms with Gasteiger partial charge in [-0.25, -0.2) is 13.1 Å². The predicted octanol–water partition coefficient (Wildman–Crippen LogP) is 4.27. The highest BCUT2D eigenvalue weighted by molar-refractivity contribution is 7.89. The van der Waals surface area contributed by atoms with Crippen molar-refractivity contribution in [3.63, 3.8) is 0 Å². The van der Waals surface area contributed by atoms with Crippen molar-refractivity contribution >= 4 is 27.5 Å². The SMILES string of the molecule is CC(C)(C)NS(=O)(=O)c1cc(C(=O)NC2CCCC(C(F)(F)F)C2)ccc1Cl. The van der Waals surface area contributed by atoms with Crippen LogP contribution < -0.4 is 10.0 Å². The zero-order chi connectivity index (χ0) is 21.3. The number of hydrogen-bond donors (Lipinski definition) is 2. The Morgan fingerprint density at radius 3 is 2.39 bits per heavy atom. The van der Waals surface area contributed by atoms with E-state index in [1.165, 1.54) is 12.1 Å². The van der Waals surface area contributed by atoms with Crippen LogP contribution in [0.1, 0.15) is 56.8 Å². The molecule has 0 radical (unpaired) electrons. The van der Waals surface area contributed by atoms with Gasteiger partial charge in [-0.2, -0.15) is 13.2 Å². The third-order valence-electron chi connectivity index (χ3n) is 4.40. The molecule has 158 valence electrons. The molecule has 10 heteroatoms. The normalized spacial score (nSPS) is 21.4. The number of amides is 1. The van der Waals surface area contributed by atoms with Crippen molar-refractivity contribution in [1.29, 1.82) is 0 Å². The summed E-state index contributed by atoms with van der Waals surface area (Å²) in [7, 11) is -3.98. The van der Waals surface area contributed by atoms with Gasteiger partial charge in [0.25, 0.3) is 5.91 Å². The van der Waals surface area contributed by atoms with Gasteiger partial charge in [-0.3, -0.25) is 4.79 Å². The number of halogens is 4. The van der Waals surface area contributed by atoms with Gasteiger partial charge in [0.15, 0.2) is 0 Å². The van der Waals surface area contributed by atoms with Crippen LogP contribution in [0.2, 0.25) is 5.02 Å². The van der Waals surface area contributed by atoms with Crippen molar-refractivity contribution in [3.8, 4) is 0 Å². The van der Waals surface area contributed by atoms with E-state index in [1.807, 2.05) is 0 Å². The van der Waals surface area contributed by atoms with Crippen LogP contribution in [0.25, 0.3) is 0 Å². The average Bonchev–Trinajstić information content (AvgIpc) is 2.52. The Kier molecular flexibility index (Phi) is 6.72. The summed E-state index contributed by atoms with van der Waals surface area (Å²) in [6.07, 6.45) is -3.60. The maximum atomic E-state index is 12.9.